The topological polar surface area (TPSA) is 27.0 Å². The fraction of sp³-hybridized carbons (Fsp3) is 0.500. The summed E-state index contributed by atoms with van der Waals surface area (Å²) in [4.78, 5) is 0. The highest BCUT2D eigenvalue weighted by Gasteiger charge is 1.70. The van der Waals surface area contributed by atoms with Crippen molar-refractivity contribution in [3.63, 3.8) is 0 Å². The van der Waals surface area contributed by atoms with Crippen LogP contribution < -0.4 is 0 Å². The van der Waals surface area contributed by atoms with Crippen LogP contribution in [-0.2, 0) is 0 Å². The molecule has 5 heavy (non-hydrogen) atoms. The molecule has 2 nitrogen and oxygen atoms in total. The van der Waals surface area contributed by atoms with Gasteiger partial charge in [-0.3, -0.25) is 3.11 Å². The summed E-state index contributed by atoms with van der Waals surface area (Å²) in [6.07, 6.45) is 1.85. The standard InChI is InChI=1S/C2H3IN2/c1-5(3)2-4/h1H3. The van der Waals surface area contributed by atoms with Gasteiger partial charge in [0.1, 0.15) is 0 Å². The van der Waals surface area contributed by atoms with Gasteiger partial charge >= 0.3 is 0 Å². The molecule has 0 heterocycles. The monoisotopic (exact) mass is 182 g/mol. The molecule has 0 rings (SSSR count). The van der Waals surface area contributed by atoms with Gasteiger partial charge in [0.2, 0.25) is 0 Å². The Labute approximate surface area is 44.9 Å². The molecule has 0 aromatic carbocycles. The lowest BCUT2D eigenvalue weighted by Crippen LogP contribution is -1.87. The first kappa shape index (κ1) is 5.02. The molecule has 0 saturated carbocycles. The lowest BCUT2D eigenvalue weighted by atomic mass is 11.2. The SMILES string of the molecule is CN(I)C#N. The van der Waals surface area contributed by atoms with Crippen LogP contribution in [0.3, 0.4) is 0 Å². The molecule has 0 aromatic heterocycles. The first-order valence-electron chi connectivity index (χ1n) is 1.06. The smallest absolute Gasteiger partial charge is 0.188 e. The van der Waals surface area contributed by atoms with Gasteiger partial charge < -0.3 is 0 Å². The number of nitrogens with zero attached hydrogens (tertiary/aromatic N) is 2. The molecule has 0 unspecified atom stereocenters. The summed E-state index contributed by atoms with van der Waals surface area (Å²) >= 11 is 1.88. The summed E-state index contributed by atoms with van der Waals surface area (Å²) in [6.45, 7) is 0. The predicted molar refractivity (Wildman–Crippen MR) is 27.4 cm³/mol. The van der Waals surface area contributed by atoms with Crippen LogP contribution in [0, 0.1) is 11.5 Å². The Hall–Kier alpha value is 0.0200. The molecule has 0 spiro atoms. The molecule has 0 amide bonds. The number of nitriles is 1. The minimum atomic E-state index is 1.40. The van der Waals surface area contributed by atoms with E-state index in [4.69, 9.17) is 5.26 Å². The Kier molecular flexibility index (Phi) is 2.28. The average Bonchev–Trinajstić information content (AvgIpc) is 1.38. The largest absolute Gasteiger partial charge is 0.255 e. The molecular formula is C2H3IN2. The summed E-state index contributed by atoms with van der Waals surface area (Å²) < 4.78 is 1.40. The van der Waals surface area contributed by atoms with Crippen LogP contribution in [0.4, 0.5) is 0 Å². The van der Waals surface area contributed by atoms with Crippen molar-refractivity contribution in [1.82, 2.24) is 3.11 Å². The molecular weight excluding hydrogens is 179 g/mol. The molecule has 28 valence electrons. The first-order chi connectivity index (χ1) is 2.27. The van der Waals surface area contributed by atoms with Crippen molar-refractivity contribution >= 4 is 22.9 Å². The number of halogens is 1. The van der Waals surface area contributed by atoms with Crippen molar-refractivity contribution in [3.05, 3.63) is 0 Å². The maximum absolute atomic E-state index is 7.81. The van der Waals surface area contributed by atoms with Gasteiger partial charge in [-0.2, -0.15) is 5.26 Å². The van der Waals surface area contributed by atoms with Gasteiger partial charge in [-0.15, -0.1) is 0 Å². The van der Waals surface area contributed by atoms with Crippen LogP contribution in [0.15, 0.2) is 0 Å². The van der Waals surface area contributed by atoms with Crippen LogP contribution in [-0.4, -0.2) is 10.2 Å². The van der Waals surface area contributed by atoms with Crippen molar-refractivity contribution in [3.8, 4) is 6.19 Å². The van der Waals surface area contributed by atoms with Crippen molar-refractivity contribution in [2.75, 3.05) is 7.05 Å². The summed E-state index contributed by atoms with van der Waals surface area (Å²) in [5, 5.41) is 7.81. The Balaban J connectivity index is 2.94. The van der Waals surface area contributed by atoms with E-state index in [0.717, 1.165) is 0 Å². The third kappa shape index (κ3) is 4.02. The molecule has 0 radical (unpaired) electrons. The van der Waals surface area contributed by atoms with E-state index in [1.807, 2.05) is 29.1 Å². The highest BCUT2D eigenvalue weighted by Crippen LogP contribution is 1.84. The summed E-state index contributed by atoms with van der Waals surface area (Å²) in [5.41, 5.74) is 0. The fourth-order valence-corrected chi connectivity index (χ4v) is 0. The van der Waals surface area contributed by atoms with E-state index in [9.17, 15) is 0 Å². The van der Waals surface area contributed by atoms with Crippen molar-refractivity contribution < 1.29 is 0 Å². The number of hydrogen-bond donors (Lipinski definition) is 0. The molecule has 0 aromatic rings. The predicted octanol–water partition coefficient (Wildman–Crippen LogP) is 0.749. The molecule has 3 heteroatoms. The Morgan fingerprint density at radius 3 is 2.20 bits per heavy atom. The lowest BCUT2D eigenvalue weighted by Gasteiger charge is -1.85. The number of hydrogen-bond acceptors (Lipinski definition) is 2. The molecule has 0 bridgehead atoms. The van der Waals surface area contributed by atoms with Crippen LogP contribution in [0.5, 0.6) is 0 Å². The van der Waals surface area contributed by atoms with Crippen molar-refractivity contribution in [2.45, 2.75) is 0 Å². The Morgan fingerprint density at radius 2 is 2.20 bits per heavy atom. The summed E-state index contributed by atoms with van der Waals surface area (Å²) in [7, 11) is 1.68. The third-order valence-electron chi connectivity index (χ3n) is 0.138. The van der Waals surface area contributed by atoms with E-state index in [0.29, 0.717) is 0 Å². The zero-order chi connectivity index (χ0) is 4.28. The van der Waals surface area contributed by atoms with Gasteiger partial charge in [-0.1, -0.05) is 0 Å². The third-order valence-corrected chi connectivity index (χ3v) is 0.354. The Morgan fingerprint density at radius 1 is 2.00 bits per heavy atom. The van der Waals surface area contributed by atoms with Crippen molar-refractivity contribution in [1.29, 1.82) is 5.26 Å². The second-order valence-corrected chi connectivity index (χ2v) is 2.02. The second-order valence-electron chi connectivity index (χ2n) is 0.577. The van der Waals surface area contributed by atoms with E-state index in [1.165, 1.54) is 3.11 Å². The first-order valence-corrected chi connectivity index (χ1v) is 2.03. The van der Waals surface area contributed by atoms with Gasteiger partial charge in [0.15, 0.2) is 6.19 Å². The van der Waals surface area contributed by atoms with E-state index in [2.05, 4.69) is 0 Å². The van der Waals surface area contributed by atoms with E-state index in [-0.39, 0.29) is 0 Å². The molecule has 0 saturated heterocycles. The van der Waals surface area contributed by atoms with Gasteiger partial charge in [0, 0.05) is 7.05 Å². The number of rotatable bonds is 0. The molecule has 0 atom stereocenters. The Bertz CT molecular complexity index is 53.2. The lowest BCUT2D eigenvalue weighted by molar-refractivity contribution is 0.858. The molecule has 0 N–H and O–H groups in total. The van der Waals surface area contributed by atoms with Crippen LogP contribution in [0.2, 0.25) is 0 Å². The van der Waals surface area contributed by atoms with Crippen LogP contribution in [0.25, 0.3) is 0 Å². The highest BCUT2D eigenvalue weighted by molar-refractivity contribution is 14.1. The van der Waals surface area contributed by atoms with Crippen molar-refractivity contribution in [2.24, 2.45) is 0 Å². The van der Waals surface area contributed by atoms with Gasteiger partial charge in [0.25, 0.3) is 0 Å². The summed E-state index contributed by atoms with van der Waals surface area (Å²) in [5.74, 6) is 0. The van der Waals surface area contributed by atoms with Gasteiger partial charge in [-0.25, -0.2) is 0 Å². The zero-order valence-electron chi connectivity index (χ0n) is 2.77. The normalized spacial score (nSPS) is 5.80. The fourth-order valence-electron chi connectivity index (χ4n) is 0. The minimum Gasteiger partial charge on any atom is -0.255 e. The van der Waals surface area contributed by atoms with Gasteiger partial charge in [0.05, 0.1) is 22.9 Å². The average molecular weight is 182 g/mol. The van der Waals surface area contributed by atoms with E-state index >= 15 is 0 Å². The maximum Gasteiger partial charge on any atom is 0.188 e. The minimum absolute atomic E-state index is 1.40. The van der Waals surface area contributed by atoms with E-state index in [1.54, 1.807) is 7.05 Å². The molecule has 0 fully saturated rings. The van der Waals surface area contributed by atoms with Crippen LogP contribution >= 0.6 is 22.9 Å². The maximum atomic E-state index is 7.81. The summed E-state index contributed by atoms with van der Waals surface area (Å²) in [6, 6.07) is 0. The molecule has 0 aliphatic carbocycles. The zero-order valence-corrected chi connectivity index (χ0v) is 4.93. The van der Waals surface area contributed by atoms with Gasteiger partial charge in [-0.05, 0) is 0 Å². The molecule has 0 aliphatic heterocycles. The quantitative estimate of drug-likeness (QED) is 0.239. The van der Waals surface area contributed by atoms with Crippen LogP contribution in [0.1, 0.15) is 0 Å². The molecule has 0 aliphatic rings. The highest BCUT2D eigenvalue weighted by atomic mass is 127. The second kappa shape index (κ2) is 2.27. The van der Waals surface area contributed by atoms with E-state index < -0.39 is 0 Å².